The van der Waals surface area contributed by atoms with Gasteiger partial charge in [0.25, 0.3) is 0 Å². The van der Waals surface area contributed by atoms with Gasteiger partial charge in [-0.3, -0.25) is 0 Å². The van der Waals surface area contributed by atoms with E-state index in [-0.39, 0.29) is 11.6 Å². The molecule has 23 heavy (non-hydrogen) atoms. The summed E-state index contributed by atoms with van der Waals surface area (Å²) in [5, 5.41) is 3.33. The lowest BCUT2D eigenvalue weighted by Crippen LogP contribution is -2.45. The second kappa shape index (κ2) is 6.52. The van der Waals surface area contributed by atoms with E-state index >= 15 is 0 Å². The Bertz CT molecular complexity index is 565. The van der Waals surface area contributed by atoms with Gasteiger partial charge in [-0.25, -0.2) is 4.79 Å². The standard InChI is InChI=1S/C19H29N3O/c1-15-6-4-7-16(14-15)19(10-11-19)20-18(23)22-12-5-8-17(9-13-22)21(2)3/h4,6-7,14,17H,5,8-13H2,1-3H3,(H,20,23)/t17-/m1/s1. The highest BCUT2D eigenvalue weighted by molar-refractivity contribution is 5.76. The Morgan fingerprint density at radius 3 is 2.70 bits per heavy atom. The van der Waals surface area contributed by atoms with Crippen LogP contribution in [0, 0.1) is 6.92 Å². The monoisotopic (exact) mass is 315 g/mol. The number of amides is 2. The fourth-order valence-corrected chi connectivity index (χ4v) is 3.64. The van der Waals surface area contributed by atoms with E-state index < -0.39 is 0 Å². The number of hydrogen-bond donors (Lipinski definition) is 1. The number of nitrogens with one attached hydrogen (secondary N) is 1. The van der Waals surface area contributed by atoms with Crippen LogP contribution in [-0.2, 0) is 5.54 Å². The van der Waals surface area contributed by atoms with Gasteiger partial charge in [-0.05, 0) is 58.7 Å². The van der Waals surface area contributed by atoms with E-state index in [9.17, 15) is 4.79 Å². The highest BCUT2D eigenvalue weighted by atomic mass is 16.2. The van der Waals surface area contributed by atoms with Crippen LogP contribution in [0.5, 0.6) is 0 Å². The van der Waals surface area contributed by atoms with Crippen LogP contribution in [0.2, 0.25) is 0 Å². The molecule has 3 rings (SSSR count). The van der Waals surface area contributed by atoms with Crippen molar-refractivity contribution in [1.29, 1.82) is 0 Å². The average Bonchev–Trinajstić information content (AvgIpc) is 3.30. The molecule has 1 heterocycles. The summed E-state index contributed by atoms with van der Waals surface area (Å²) in [4.78, 5) is 17.0. The van der Waals surface area contributed by atoms with Crippen molar-refractivity contribution in [2.45, 2.75) is 50.6 Å². The summed E-state index contributed by atoms with van der Waals surface area (Å²) < 4.78 is 0. The molecule has 1 aromatic rings. The van der Waals surface area contributed by atoms with Crippen LogP contribution in [0.4, 0.5) is 4.79 Å². The maximum absolute atomic E-state index is 12.7. The summed E-state index contributed by atoms with van der Waals surface area (Å²) in [7, 11) is 4.27. The maximum Gasteiger partial charge on any atom is 0.318 e. The molecule has 0 spiro atoms. The second-order valence-corrected chi connectivity index (χ2v) is 7.42. The molecule has 1 aliphatic heterocycles. The largest absolute Gasteiger partial charge is 0.328 e. The van der Waals surface area contributed by atoms with Crippen LogP contribution in [0.3, 0.4) is 0 Å². The Balaban J connectivity index is 1.63. The van der Waals surface area contributed by atoms with Gasteiger partial charge >= 0.3 is 6.03 Å². The second-order valence-electron chi connectivity index (χ2n) is 7.42. The van der Waals surface area contributed by atoms with E-state index in [1.165, 1.54) is 17.5 Å². The lowest BCUT2D eigenvalue weighted by atomic mass is 10.0. The zero-order valence-electron chi connectivity index (χ0n) is 14.6. The molecule has 1 aliphatic carbocycles. The fraction of sp³-hybridized carbons (Fsp3) is 0.632. The molecule has 0 aromatic heterocycles. The van der Waals surface area contributed by atoms with E-state index in [1.807, 2.05) is 4.90 Å². The van der Waals surface area contributed by atoms with Crippen molar-refractivity contribution in [3.63, 3.8) is 0 Å². The number of aryl methyl sites for hydroxylation is 1. The minimum Gasteiger partial charge on any atom is -0.328 e. The first-order valence-electron chi connectivity index (χ1n) is 8.81. The molecule has 0 bridgehead atoms. The summed E-state index contributed by atoms with van der Waals surface area (Å²) in [5.41, 5.74) is 2.40. The van der Waals surface area contributed by atoms with Crippen LogP contribution in [0.25, 0.3) is 0 Å². The Morgan fingerprint density at radius 2 is 2.04 bits per heavy atom. The molecule has 4 heteroatoms. The van der Waals surface area contributed by atoms with Crippen LogP contribution in [0.15, 0.2) is 24.3 Å². The van der Waals surface area contributed by atoms with Crippen LogP contribution < -0.4 is 5.32 Å². The molecule has 126 valence electrons. The van der Waals surface area contributed by atoms with Gasteiger partial charge in [0.05, 0.1) is 5.54 Å². The molecule has 1 atom stereocenters. The van der Waals surface area contributed by atoms with Gasteiger partial charge in [0.2, 0.25) is 0 Å². The lowest BCUT2D eigenvalue weighted by Gasteiger charge is -2.26. The van der Waals surface area contributed by atoms with Crippen molar-refractivity contribution in [3.05, 3.63) is 35.4 Å². The summed E-state index contributed by atoms with van der Waals surface area (Å²) in [5.74, 6) is 0. The third kappa shape index (κ3) is 3.69. The van der Waals surface area contributed by atoms with Crippen molar-refractivity contribution in [1.82, 2.24) is 15.1 Å². The number of urea groups is 1. The number of carbonyl (C=O) groups excluding carboxylic acids is 1. The molecule has 2 amide bonds. The molecular formula is C19H29N3O. The maximum atomic E-state index is 12.7. The average molecular weight is 315 g/mol. The number of likely N-dealkylation sites (tertiary alicyclic amines) is 1. The normalized spacial score (nSPS) is 23.5. The number of rotatable bonds is 3. The third-order valence-corrected chi connectivity index (χ3v) is 5.38. The van der Waals surface area contributed by atoms with E-state index in [4.69, 9.17) is 0 Å². The van der Waals surface area contributed by atoms with Crippen molar-refractivity contribution in [3.8, 4) is 0 Å². The number of benzene rings is 1. The quantitative estimate of drug-likeness (QED) is 0.930. The predicted molar refractivity (Wildman–Crippen MR) is 93.5 cm³/mol. The number of hydrogen-bond acceptors (Lipinski definition) is 2. The van der Waals surface area contributed by atoms with E-state index in [0.29, 0.717) is 6.04 Å². The van der Waals surface area contributed by atoms with Gasteiger partial charge in [-0.15, -0.1) is 0 Å². The molecule has 4 nitrogen and oxygen atoms in total. The first-order valence-corrected chi connectivity index (χ1v) is 8.81. The highest BCUT2D eigenvalue weighted by Crippen LogP contribution is 2.45. The Labute approximate surface area is 139 Å². The highest BCUT2D eigenvalue weighted by Gasteiger charge is 2.46. The molecule has 1 N–H and O–H groups in total. The number of carbonyl (C=O) groups is 1. The molecule has 1 aromatic carbocycles. The number of nitrogens with zero attached hydrogens (tertiary/aromatic N) is 2. The van der Waals surface area contributed by atoms with E-state index in [2.05, 4.69) is 55.5 Å². The minimum absolute atomic E-state index is 0.114. The molecule has 1 saturated heterocycles. The lowest BCUT2D eigenvalue weighted by molar-refractivity contribution is 0.192. The minimum atomic E-state index is -0.115. The summed E-state index contributed by atoms with van der Waals surface area (Å²) in [6, 6.07) is 9.26. The van der Waals surface area contributed by atoms with Crippen LogP contribution in [0.1, 0.15) is 43.2 Å². The van der Waals surface area contributed by atoms with Crippen LogP contribution >= 0.6 is 0 Å². The molecular weight excluding hydrogens is 286 g/mol. The zero-order chi connectivity index (χ0) is 16.4. The molecule has 2 fully saturated rings. The predicted octanol–water partition coefficient (Wildman–Crippen LogP) is 3.11. The summed E-state index contributed by atoms with van der Waals surface area (Å²) in [6.07, 6.45) is 5.44. The van der Waals surface area contributed by atoms with Gasteiger partial charge < -0.3 is 15.1 Å². The van der Waals surface area contributed by atoms with Gasteiger partial charge in [0, 0.05) is 19.1 Å². The Morgan fingerprint density at radius 1 is 1.26 bits per heavy atom. The topological polar surface area (TPSA) is 35.6 Å². The van der Waals surface area contributed by atoms with Gasteiger partial charge in [-0.2, -0.15) is 0 Å². The van der Waals surface area contributed by atoms with Gasteiger partial charge in [-0.1, -0.05) is 29.8 Å². The molecule has 1 saturated carbocycles. The summed E-state index contributed by atoms with van der Waals surface area (Å²) in [6.45, 7) is 3.84. The molecule has 0 radical (unpaired) electrons. The molecule has 0 unspecified atom stereocenters. The Hall–Kier alpha value is -1.55. The van der Waals surface area contributed by atoms with Crippen molar-refractivity contribution in [2.24, 2.45) is 0 Å². The third-order valence-electron chi connectivity index (χ3n) is 5.38. The van der Waals surface area contributed by atoms with Gasteiger partial charge in [0.1, 0.15) is 0 Å². The van der Waals surface area contributed by atoms with Crippen molar-refractivity contribution >= 4 is 6.03 Å². The SMILES string of the molecule is Cc1cccc(C2(NC(=O)N3CCC[C@@H](N(C)C)CC3)CC2)c1. The Kier molecular flexibility index (Phi) is 4.62. The van der Waals surface area contributed by atoms with Crippen molar-refractivity contribution in [2.75, 3.05) is 27.2 Å². The zero-order valence-corrected chi connectivity index (χ0v) is 14.6. The van der Waals surface area contributed by atoms with E-state index in [0.717, 1.165) is 38.8 Å². The van der Waals surface area contributed by atoms with Gasteiger partial charge in [0.15, 0.2) is 0 Å². The smallest absolute Gasteiger partial charge is 0.318 e. The van der Waals surface area contributed by atoms with Crippen molar-refractivity contribution < 1.29 is 4.79 Å². The van der Waals surface area contributed by atoms with Crippen LogP contribution in [-0.4, -0.2) is 49.1 Å². The fourth-order valence-electron chi connectivity index (χ4n) is 3.64. The van der Waals surface area contributed by atoms with E-state index in [1.54, 1.807) is 0 Å². The summed E-state index contributed by atoms with van der Waals surface area (Å²) >= 11 is 0. The first-order chi connectivity index (χ1) is 11.0. The molecule has 2 aliphatic rings. The first kappa shape index (κ1) is 16.3.